The van der Waals surface area contributed by atoms with Crippen LogP contribution in [0, 0.1) is 5.92 Å². The van der Waals surface area contributed by atoms with Gasteiger partial charge in [-0.1, -0.05) is 6.92 Å². The van der Waals surface area contributed by atoms with Gasteiger partial charge in [0.1, 0.15) is 0 Å². The lowest BCUT2D eigenvalue weighted by molar-refractivity contribution is -0.153. The van der Waals surface area contributed by atoms with Gasteiger partial charge in [-0.25, -0.2) is 4.79 Å². The van der Waals surface area contributed by atoms with Crippen molar-refractivity contribution in [3.8, 4) is 0 Å². The molecule has 2 heterocycles. The molecule has 7 nitrogen and oxygen atoms in total. The van der Waals surface area contributed by atoms with Crippen LogP contribution in [0.15, 0.2) is 6.20 Å². The molecule has 24 heavy (non-hydrogen) atoms. The van der Waals surface area contributed by atoms with Crippen molar-refractivity contribution in [2.75, 3.05) is 19.8 Å². The molecular weight excluding hydrogens is 308 g/mol. The van der Waals surface area contributed by atoms with E-state index in [-0.39, 0.29) is 18.0 Å². The van der Waals surface area contributed by atoms with Crippen LogP contribution in [-0.2, 0) is 22.9 Å². The van der Waals surface area contributed by atoms with E-state index in [0.717, 1.165) is 36.9 Å². The van der Waals surface area contributed by atoms with Crippen LogP contribution in [0.4, 0.5) is 4.79 Å². The average molecular weight is 336 g/mol. The number of rotatable bonds is 5. The molecule has 3 rings (SSSR count). The minimum atomic E-state index is -0.508. The summed E-state index contributed by atoms with van der Waals surface area (Å²) in [7, 11) is 1.92. The normalized spacial score (nSPS) is 23.5. The molecule has 0 spiro atoms. The fourth-order valence-electron chi connectivity index (χ4n) is 3.67. The van der Waals surface area contributed by atoms with E-state index in [4.69, 9.17) is 9.47 Å². The zero-order chi connectivity index (χ0) is 17.2. The van der Waals surface area contributed by atoms with E-state index in [1.807, 2.05) is 24.9 Å². The molecule has 0 bridgehead atoms. The van der Waals surface area contributed by atoms with E-state index in [1.54, 1.807) is 0 Å². The highest BCUT2D eigenvalue weighted by atomic mass is 16.7. The molecule has 1 aromatic rings. The predicted molar refractivity (Wildman–Crippen MR) is 89.5 cm³/mol. The Labute approximate surface area is 143 Å². The van der Waals surface area contributed by atoms with Crippen LogP contribution in [-0.4, -0.2) is 41.4 Å². The lowest BCUT2D eigenvalue weighted by atomic mass is 9.93. The van der Waals surface area contributed by atoms with E-state index in [0.29, 0.717) is 19.8 Å². The van der Waals surface area contributed by atoms with Crippen molar-refractivity contribution < 1.29 is 14.3 Å². The van der Waals surface area contributed by atoms with Crippen LogP contribution in [0.1, 0.15) is 50.4 Å². The second-order valence-corrected chi connectivity index (χ2v) is 7.14. The molecule has 0 saturated carbocycles. The smallest absolute Gasteiger partial charge is 0.315 e. The lowest BCUT2D eigenvalue weighted by Crippen LogP contribution is -2.41. The number of urea groups is 1. The molecule has 1 fully saturated rings. The van der Waals surface area contributed by atoms with Gasteiger partial charge in [0.05, 0.1) is 24.9 Å². The Bertz CT molecular complexity index is 580. The molecule has 0 aromatic carbocycles. The third kappa shape index (κ3) is 4.08. The van der Waals surface area contributed by atoms with Crippen LogP contribution in [0.5, 0.6) is 0 Å². The molecule has 1 saturated heterocycles. The van der Waals surface area contributed by atoms with Crippen molar-refractivity contribution in [2.24, 2.45) is 13.0 Å². The summed E-state index contributed by atoms with van der Waals surface area (Å²) in [4.78, 5) is 12.2. The Morgan fingerprint density at radius 1 is 1.50 bits per heavy atom. The first kappa shape index (κ1) is 17.2. The quantitative estimate of drug-likeness (QED) is 0.861. The van der Waals surface area contributed by atoms with Gasteiger partial charge in [0.25, 0.3) is 0 Å². The SMILES string of the molecule is C[C@H](CNC(=O)N[C@H]1CCCc2nn(C)cc21)CC1(C)OCCO1. The molecule has 7 heteroatoms. The van der Waals surface area contributed by atoms with E-state index in [9.17, 15) is 4.79 Å². The van der Waals surface area contributed by atoms with Crippen LogP contribution in [0.2, 0.25) is 0 Å². The number of aromatic nitrogens is 2. The Hall–Kier alpha value is -1.60. The van der Waals surface area contributed by atoms with Gasteiger partial charge >= 0.3 is 6.03 Å². The predicted octanol–water partition coefficient (Wildman–Crippen LogP) is 1.89. The summed E-state index contributed by atoms with van der Waals surface area (Å²) in [6.07, 6.45) is 5.78. The molecule has 1 aromatic heterocycles. The molecule has 2 aliphatic rings. The maximum absolute atomic E-state index is 12.2. The maximum atomic E-state index is 12.2. The molecule has 1 aliphatic heterocycles. The van der Waals surface area contributed by atoms with E-state index < -0.39 is 5.79 Å². The zero-order valence-electron chi connectivity index (χ0n) is 14.8. The molecule has 2 atom stereocenters. The largest absolute Gasteiger partial charge is 0.348 e. The fraction of sp³-hybridized carbons (Fsp3) is 0.765. The number of fused-ring (bicyclic) bond motifs is 1. The fourth-order valence-corrected chi connectivity index (χ4v) is 3.67. The highest BCUT2D eigenvalue weighted by molar-refractivity contribution is 5.74. The van der Waals surface area contributed by atoms with Crippen LogP contribution in [0.25, 0.3) is 0 Å². The summed E-state index contributed by atoms with van der Waals surface area (Å²) in [6.45, 7) is 5.94. The molecule has 1 aliphatic carbocycles. The number of ether oxygens (including phenoxy) is 2. The first-order chi connectivity index (χ1) is 11.5. The summed E-state index contributed by atoms with van der Waals surface area (Å²) in [6, 6.07) is -0.0706. The molecular formula is C17H28N4O3. The van der Waals surface area contributed by atoms with Crippen LogP contribution >= 0.6 is 0 Å². The maximum Gasteiger partial charge on any atom is 0.315 e. The van der Waals surface area contributed by atoms with Crippen molar-refractivity contribution >= 4 is 6.03 Å². The Balaban J connectivity index is 1.46. The van der Waals surface area contributed by atoms with Crippen LogP contribution in [0.3, 0.4) is 0 Å². The van der Waals surface area contributed by atoms with Gasteiger partial charge in [-0.3, -0.25) is 4.68 Å². The van der Waals surface area contributed by atoms with Crippen molar-refractivity contribution in [3.05, 3.63) is 17.5 Å². The van der Waals surface area contributed by atoms with Crippen molar-refractivity contribution in [1.82, 2.24) is 20.4 Å². The number of carbonyl (C=O) groups excluding carboxylic acids is 1. The highest BCUT2D eigenvalue weighted by Gasteiger charge is 2.32. The van der Waals surface area contributed by atoms with Crippen molar-refractivity contribution in [3.63, 3.8) is 0 Å². The van der Waals surface area contributed by atoms with Gasteiger partial charge in [0, 0.05) is 31.8 Å². The Kier molecular flexibility index (Phi) is 5.10. The van der Waals surface area contributed by atoms with Crippen molar-refractivity contribution in [2.45, 2.75) is 51.4 Å². The van der Waals surface area contributed by atoms with Gasteiger partial charge in [-0.2, -0.15) is 5.10 Å². The number of amides is 2. The lowest BCUT2D eigenvalue weighted by Gasteiger charge is -2.27. The number of carbonyl (C=O) groups is 1. The van der Waals surface area contributed by atoms with E-state index in [1.165, 1.54) is 0 Å². The van der Waals surface area contributed by atoms with Crippen LogP contribution < -0.4 is 10.6 Å². The number of nitrogens with one attached hydrogen (secondary N) is 2. The Morgan fingerprint density at radius 2 is 2.25 bits per heavy atom. The minimum absolute atomic E-state index is 0.0526. The summed E-state index contributed by atoms with van der Waals surface area (Å²) in [5, 5.41) is 10.5. The van der Waals surface area contributed by atoms with E-state index >= 15 is 0 Å². The highest BCUT2D eigenvalue weighted by Crippen LogP contribution is 2.29. The zero-order valence-corrected chi connectivity index (χ0v) is 14.8. The van der Waals surface area contributed by atoms with Gasteiger partial charge in [0.2, 0.25) is 0 Å². The summed E-state index contributed by atoms with van der Waals surface area (Å²) >= 11 is 0. The molecule has 134 valence electrons. The molecule has 2 amide bonds. The molecule has 0 radical (unpaired) electrons. The van der Waals surface area contributed by atoms with Gasteiger partial charge in [-0.05, 0) is 32.1 Å². The van der Waals surface area contributed by atoms with Gasteiger partial charge in [0.15, 0.2) is 5.79 Å². The first-order valence-electron chi connectivity index (χ1n) is 8.80. The standard InChI is InChI=1S/C17H28N4O3/c1-12(9-17(2)23-7-8-24-17)10-18-16(22)19-14-5-4-6-15-13(14)11-21(3)20-15/h11-12,14H,4-10H2,1-3H3,(H2,18,19,22)/t12-,14-/m0/s1. The second-order valence-electron chi connectivity index (χ2n) is 7.14. The second kappa shape index (κ2) is 7.11. The number of hydrogen-bond acceptors (Lipinski definition) is 4. The third-order valence-corrected chi connectivity index (χ3v) is 4.75. The first-order valence-corrected chi connectivity index (χ1v) is 8.80. The number of aryl methyl sites for hydroxylation is 2. The Morgan fingerprint density at radius 3 is 3.00 bits per heavy atom. The van der Waals surface area contributed by atoms with Gasteiger partial charge < -0.3 is 20.1 Å². The molecule has 0 unspecified atom stereocenters. The minimum Gasteiger partial charge on any atom is -0.348 e. The summed E-state index contributed by atoms with van der Waals surface area (Å²) in [5.41, 5.74) is 2.25. The third-order valence-electron chi connectivity index (χ3n) is 4.75. The summed E-state index contributed by atoms with van der Waals surface area (Å²) < 4.78 is 13.1. The molecule has 2 N–H and O–H groups in total. The monoisotopic (exact) mass is 336 g/mol. The van der Waals surface area contributed by atoms with Gasteiger partial charge in [-0.15, -0.1) is 0 Å². The number of hydrogen-bond donors (Lipinski definition) is 2. The average Bonchev–Trinajstić information content (AvgIpc) is 3.11. The topological polar surface area (TPSA) is 77.4 Å². The number of nitrogens with zero attached hydrogens (tertiary/aromatic N) is 2. The van der Waals surface area contributed by atoms with Crippen molar-refractivity contribution in [1.29, 1.82) is 0 Å². The summed E-state index contributed by atoms with van der Waals surface area (Å²) in [5.74, 6) is -0.231. The van der Waals surface area contributed by atoms with E-state index in [2.05, 4.69) is 22.7 Å².